The minimum atomic E-state index is -0.186. The van der Waals surface area contributed by atoms with Crippen molar-refractivity contribution >= 4 is 5.91 Å². The molecule has 1 aromatic rings. The van der Waals surface area contributed by atoms with Crippen LogP contribution in [0, 0.1) is 0 Å². The Morgan fingerprint density at radius 2 is 2.00 bits per heavy atom. The van der Waals surface area contributed by atoms with Crippen molar-refractivity contribution in [3.8, 4) is 5.75 Å². The molecule has 0 aliphatic carbocycles. The van der Waals surface area contributed by atoms with E-state index in [1.165, 1.54) is 17.0 Å². The van der Waals surface area contributed by atoms with Crippen LogP contribution in [-0.4, -0.2) is 40.7 Å². The summed E-state index contributed by atoms with van der Waals surface area (Å²) in [7, 11) is 0. The van der Waals surface area contributed by atoms with Crippen molar-refractivity contribution < 1.29 is 15.0 Å². The van der Waals surface area contributed by atoms with Gasteiger partial charge in [-0.15, -0.1) is 6.58 Å². The summed E-state index contributed by atoms with van der Waals surface area (Å²) < 4.78 is 0. The maximum atomic E-state index is 11.9. The highest BCUT2D eigenvalue weighted by atomic mass is 16.3. The molecule has 1 aromatic carbocycles. The summed E-state index contributed by atoms with van der Waals surface area (Å²) >= 11 is 0. The zero-order valence-electron chi connectivity index (χ0n) is 8.97. The second kappa shape index (κ2) is 5.92. The Hall–Kier alpha value is -1.81. The molecule has 86 valence electrons. The first-order valence-corrected chi connectivity index (χ1v) is 4.99. The lowest BCUT2D eigenvalue weighted by Crippen LogP contribution is -2.33. The molecule has 0 bridgehead atoms. The molecule has 16 heavy (non-hydrogen) atoms. The van der Waals surface area contributed by atoms with Crippen molar-refractivity contribution in [1.82, 2.24) is 4.90 Å². The van der Waals surface area contributed by atoms with Gasteiger partial charge < -0.3 is 15.1 Å². The van der Waals surface area contributed by atoms with Crippen LogP contribution in [0.5, 0.6) is 5.75 Å². The standard InChI is InChI=1S/C12H15NO3/c1-2-7-13(8-9-14)12(16)10-3-5-11(15)6-4-10/h2-6,14-15H,1,7-9H2. The van der Waals surface area contributed by atoms with E-state index in [4.69, 9.17) is 10.2 Å². The fraction of sp³-hybridized carbons (Fsp3) is 0.250. The normalized spacial score (nSPS) is 9.81. The summed E-state index contributed by atoms with van der Waals surface area (Å²) in [5.41, 5.74) is 0.480. The highest BCUT2D eigenvalue weighted by Crippen LogP contribution is 2.11. The molecule has 0 spiro atoms. The van der Waals surface area contributed by atoms with Crippen LogP contribution in [0.2, 0.25) is 0 Å². The van der Waals surface area contributed by atoms with E-state index in [0.29, 0.717) is 12.1 Å². The topological polar surface area (TPSA) is 60.8 Å². The lowest BCUT2D eigenvalue weighted by atomic mass is 10.2. The summed E-state index contributed by atoms with van der Waals surface area (Å²) in [6.45, 7) is 4.13. The van der Waals surface area contributed by atoms with E-state index in [9.17, 15) is 4.79 Å². The second-order valence-corrected chi connectivity index (χ2v) is 3.31. The Kier molecular flexibility index (Phi) is 4.54. The predicted molar refractivity (Wildman–Crippen MR) is 61.3 cm³/mol. The maximum Gasteiger partial charge on any atom is 0.254 e. The molecule has 4 heteroatoms. The Labute approximate surface area is 94.4 Å². The molecular formula is C12H15NO3. The number of benzene rings is 1. The number of aromatic hydroxyl groups is 1. The summed E-state index contributed by atoms with van der Waals surface area (Å²) in [5, 5.41) is 17.9. The first-order valence-electron chi connectivity index (χ1n) is 4.99. The monoisotopic (exact) mass is 221 g/mol. The number of aliphatic hydroxyl groups is 1. The lowest BCUT2D eigenvalue weighted by Gasteiger charge is -2.19. The number of amides is 1. The van der Waals surface area contributed by atoms with E-state index in [1.54, 1.807) is 18.2 Å². The van der Waals surface area contributed by atoms with Crippen LogP contribution >= 0.6 is 0 Å². The Bertz CT molecular complexity index is 359. The molecule has 0 saturated heterocycles. The van der Waals surface area contributed by atoms with E-state index >= 15 is 0 Å². The number of phenolic OH excluding ortho intramolecular Hbond substituents is 1. The van der Waals surface area contributed by atoms with Gasteiger partial charge in [0.25, 0.3) is 5.91 Å². The summed E-state index contributed by atoms with van der Waals surface area (Å²) in [4.78, 5) is 13.4. The fourth-order valence-electron chi connectivity index (χ4n) is 1.34. The number of carbonyl (C=O) groups excluding carboxylic acids is 1. The molecule has 0 aliphatic rings. The average molecular weight is 221 g/mol. The summed E-state index contributed by atoms with van der Waals surface area (Å²) in [6.07, 6.45) is 1.61. The van der Waals surface area contributed by atoms with Crippen LogP contribution in [-0.2, 0) is 0 Å². The third-order valence-electron chi connectivity index (χ3n) is 2.12. The molecule has 0 radical (unpaired) electrons. The highest BCUT2D eigenvalue weighted by molar-refractivity contribution is 5.94. The molecule has 0 aromatic heterocycles. The summed E-state index contributed by atoms with van der Waals surface area (Å²) in [5.74, 6) is -0.0667. The van der Waals surface area contributed by atoms with Crippen LogP contribution < -0.4 is 0 Å². The Morgan fingerprint density at radius 1 is 1.38 bits per heavy atom. The number of phenols is 1. The van der Waals surface area contributed by atoms with Crippen molar-refractivity contribution in [2.45, 2.75) is 0 Å². The zero-order valence-corrected chi connectivity index (χ0v) is 8.97. The third-order valence-corrected chi connectivity index (χ3v) is 2.12. The minimum absolute atomic E-state index is 0.0857. The number of hydrogen-bond donors (Lipinski definition) is 2. The van der Waals surface area contributed by atoms with Crippen LogP contribution in [0.15, 0.2) is 36.9 Å². The molecule has 0 heterocycles. The fourth-order valence-corrected chi connectivity index (χ4v) is 1.34. The van der Waals surface area contributed by atoms with E-state index in [1.807, 2.05) is 0 Å². The average Bonchev–Trinajstić information content (AvgIpc) is 2.29. The van der Waals surface area contributed by atoms with Gasteiger partial charge in [-0.1, -0.05) is 6.08 Å². The van der Waals surface area contributed by atoms with Gasteiger partial charge in [0.15, 0.2) is 0 Å². The van der Waals surface area contributed by atoms with Crippen molar-refractivity contribution in [2.75, 3.05) is 19.7 Å². The van der Waals surface area contributed by atoms with E-state index < -0.39 is 0 Å². The van der Waals surface area contributed by atoms with Crippen LogP contribution in [0.4, 0.5) is 0 Å². The van der Waals surface area contributed by atoms with Crippen molar-refractivity contribution in [1.29, 1.82) is 0 Å². The number of nitrogens with zero attached hydrogens (tertiary/aromatic N) is 1. The quantitative estimate of drug-likeness (QED) is 0.729. The molecule has 1 amide bonds. The van der Waals surface area contributed by atoms with Gasteiger partial charge >= 0.3 is 0 Å². The molecule has 0 saturated carbocycles. The molecule has 1 rings (SSSR count). The van der Waals surface area contributed by atoms with E-state index in [0.717, 1.165) is 0 Å². The first kappa shape index (κ1) is 12.3. The van der Waals surface area contributed by atoms with Crippen molar-refractivity contribution in [2.24, 2.45) is 0 Å². The van der Waals surface area contributed by atoms with Gasteiger partial charge in [-0.3, -0.25) is 4.79 Å². The second-order valence-electron chi connectivity index (χ2n) is 3.31. The minimum Gasteiger partial charge on any atom is -0.508 e. The number of rotatable bonds is 5. The molecule has 0 aliphatic heterocycles. The Balaban J connectivity index is 2.80. The van der Waals surface area contributed by atoms with Crippen LogP contribution in [0.1, 0.15) is 10.4 Å². The van der Waals surface area contributed by atoms with Gasteiger partial charge in [0.2, 0.25) is 0 Å². The van der Waals surface area contributed by atoms with Gasteiger partial charge in [0.1, 0.15) is 5.75 Å². The van der Waals surface area contributed by atoms with Gasteiger partial charge in [0, 0.05) is 18.7 Å². The molecule has 0 atom stereocenters. The van der Waals surface area contributed by atoms with Crippen LogP contribution in [0.3, 0.4) is 0 Å². The highest BCUT2D eigenvalue weighted by Gasteiger charge is 2.13. The molecule has 2 N–H and O–H groups in total. The largest absolute Gasteiger partial charge is 0.508 e. The van der Waals surface area contributed by atoms with Gasteiger partial charge in [-0.05, 0) is 24.3 Å². The third kappa shape index (κ3) is 3.10. The molecule has 4 nitrogen and oxygen atoms in total. The van der Waals surface area contributed by atoms with Crippen molar-refractivity contribution in [3.05, 3.63) is 42.5 Å². The summed E-state index contributed by atoms with van der Waals surface area (Å²) in [6, 6.07) is 6.01. The smallest absolute Gasteiger partial charge is 0.254 e. The zero-order chi connectivity index (χ0) is 12.0. The van der Waals surface area contributed by atoms with E-state index in [-0.39, 0.29) is 24.8 Å². The Morgan fingerprint density at radius 3 is 2.50 bits per heavy atom. The number of carbonyl (C=O) groups is 1. The maximum absolute atomic E-state index is 11.9. The number of hydrogen-bond acceptors (Lipinski definition) is 3. The van der Waals surface area contributed by atoms with Gasteiger partial charge in [0.05, 0.1) is 6.61 Å². The lowest BCUT2D eigenvalue weighted by molar-refractivity contribution is 0.0743. The van der Waals surface area contributed by atoms with Crippen molar-refractivity contribution in [3.63, 3.8) is 0 Å². The molecular weight excluding hydrogens is 206 g/mol. The first-order chi connectivity index (χ1) is 7.69. The number of aliphatic hydroxyl groups excluding tert-OH is 1. The molecule has 0 unspecified atom stereocenters. The van der Waals surface area contributed by atoms with E-state index in [2.05, 4.69) is 6.58 Å². The molecule has 0 fully saturated rings. The SMILES string of the molecule is C=CCN(CCO)C(=O)c1ccc(O)cc1. The van der Waals surface area contributed by atoms with Crippen LogP contribution in [0.25, 0.3) is 0 Å². The predicted octanol–water partition coefficient (Wildman–Crippen LogP) is 1.01. The van der Waals surface area contributed by atoms with Gasteiger partial charge in [-0.2, -0.15) is 0 Å². The van der Waals surface area contributed by atoms with Gasteiger partial charge in [-0.25, -0.2) is 0 Å².